The van der Waals surface area contributed by atoms with Crippen molar-refractivity contribution in [2.75, 3.05) is 0 Å². The molecular formula is C20H17F2NOTi. The van der Waals surface area contributed by atoms with Crippen molar-refractivity contribution in [1.29, 1.82) is 5.41 Å². The summed E-state index contributed by atoms with van der Waals surface area (Å²) in [7, 11) is 0. The summed E-state index contributed by atoms with van der Waals surface area (Å²) in [4.78, 5) is 0. The van der Waals surface area contributed by atoms with E-state index in [4.69, 9.17) is 5.41 Å². The minimum absolute atomic E-state index is 0. The number of nitrogens with one attached hydrogen (secondary N) is 1. The van der Waals surface area contributed by atoms with Gasteiger partial charge in [0.2, 0.25) is 0 Å². The maximum atomic E-state index is 14.2. The number of benzene rings is 2. The number of phenols is 1. The molecule has 3 rings (SSSR count). The predicted octanol–water partition coefficient (Wildman–Crippen LogP) is 5.12. The van der Waals surface area contributed by atoms with Crippen molar-refractivity contribution in [3.63, 3.8) is 0 Å². The van der Waals surface area contributed by atoms with Crippen LogP contribution in [-0.2, 0) is 21.7 Å². The molecule has 0 saturated carbocycles. The van der Waals surface area contributed by atoms with E-state index in [1.807, 2.05) is 6.07 Å². The molecule has 0 spiro atoms. The molecule has 0 aromatic heterocycles. The largest absolute Gasteiger partial charge is 0.507 e. The zero-order chi connectivity index (χ0) is 17.3. The average molecular weight is 373 g/mol. The van der Waals surface area contributed by atoms with Crippen molar-refractivity contribution >= 4 is 11.8 Å². The molecule has 2 aromatic carbocycles. The van der Waals surface area contributed by atoms with Gasteiger partial charge in [-0.1, -0.05) is 42.0 Å². The van der Waals surface area contributed by atoms with Crippen LogP contribution in [-0.4, -0.2) is 10.8 Å². The van der Waals surface area contributed by atoms with Crippen LogP contribution in [0, 0.1) is 24.0 Å². The van der Waals surface area contributed by atoms with Gasteiger partial charge in [-0.25, -0.2) is 8.78 Å². The van der Waals surface area contributed by atoms with Crippen molar-refractivity contribution in [1.82, 2.24) is 0 Å². The molecule has 0 heterocycles. The minimum Gasteiger partial charge on any atom is -0.507 e. The summed E-state index contributed by atoms with van der Waals surface area (Å²) >= 11 is 0. The van der Waals surface area contributed by atoms with Crippen LogP contribution in [0.2, 0.25) is 0 Å². The maximum Gasteiger partial charge on any atom is 0.130 e. The van der Waals surface area contributed by atoms with Crippen LogP contribution in [0.15, 0.2) is 54.1 Å². The molecule has 0 fully saturated rings. The van der Waals surface area contributed by atoms with E-state index >= 15 is 0 Å². The third-order valence-corrected chi connectivity index (χ3v) is 4.23. The molecule has 126 valence electrons. The standard InChI is InChI=1S/C20H17F2NO.Ti/c1-12-5-2-7-14(20(12)24)11-13-6-3-10-17(23)18(13)19-15(21)8-4-9-16(19)22;/h2-5,7-11,18,23-24H,6H2,1H3;. The van der Waals surface area contributed by atoms with Crippen molar-refractivity contribution in [2.24, 2.45) is 0 Å². The van der Waals surface area contributed by atoms with Crippen molar-refractivity contribution in [3.8, 4) is 5.75 Å². The molecule has 2 N–H and O–H groups in total. The number of para-hydroxylation sites is 1. The zero-order valence-corrected chi connectivity index (χ0v) is 15.2. The summed E-state index contributed by atoms with van der Waals surface area (Å²) < 4.78 is 28.5. The maximum absolute atomic E-state index is 14.2. The minimum atomic E-state index is -0.795. The van der Waals surface area contributed by atoms with Gasteiger partial charge < -0.3 is 10.5 Å². The first-order chi connectivity index (χ1) is 11.5. The van der Waals surface area contributed by atoms with Crippen LogP contribution >= 0.6 is 0 Å². The second-order valence-electron chi connectivity index (χ2n) is 5.86. The summed E-state index contributed by atoms with van der Waals surface area (Å²) in [6.07, 6.45) is 5.55. The molecule has 25 heavy (non-hydrogen) atoms. The molecule has 0 radical (unpaired) electrons. The van der Waals surface area contributed by atoms with Crippen LogP contribution in [0.1, 0.15) is 29.0 Å². The molecular weight excluding hydrogens is 356 g/mol. The van der Waals surface area contributed by atoms with Gasteiger partial charge in [-0.05, 0) is 37.1 Å². The Labute approximate surface area is 160 Å². The van der Waals surface area contributed by atoms with Crippen molar-refractivity contribution < 1.29 is 35.6 Å². The second-order valence-corrected chi connectivity index (χ2v) is 5.86. The van der Waals surface area contributed by atoms with Gasteiger partial charge in [-0.2, -0.15) is 0 Å². The normalized spacial score (nSPS) is 18.3. The number of aryl methyl sites for hydroxylation is 1. The van der Waals surface area contributed by atoms with E-state index in [9.17, 15) is 13.9 Å². The topological polar surface area (TPSA) is 44.1 Å². The van der Waals surface area contributed by atoms with Gasteiger partial charge in [0, 0.05) is 38.6 Å². The van der Waals surface area contributed by atoms with Gasteiger partial charge in [0.15, 0.2) is 0 Å². The number of rotatable bonds is 2. The summed E-state index contributed by atoms with van der Waals surface area (Å²) in [5, 5.41) is 18.3. The Kier molecular flexibility index (Phi) is 6.09. The fraction of sp³-hybridized carbons (Fsp3) is 0.150. The summed E-state index contributed by atoms with van der Waals surface area (Å²) in [6.45, 7) is 1.79. The van der Waals surface area contributed by atoms with Crippen LogP contribution in [0.5, 0.6) is 5.75 Å². The number of halogens is 2. The van der Waals surface area contributed by atoms with Crippen LogP contribution < -0.4 is 0 Å². The number of aromatic hydroxyl groups is 1. The number of allylic oxidation sites excluding steroid dienone is 3. The van der Waals surface area contributed by atoms with E-state index in [1.54, 1.807) is 37.3 Å². The molecule has 2 aromatic rings. The zero-order valence-electron chi connectivity index (χ0n) is 13.7. The third-order valence-electron chi connectivity index (χ3n) is 4.23. The van der Waals surface area contributed by atoms with Crippen LogP contribution in [0.3, 0.4) is 0 Å². The first-order valence-corrected chi connectivity index (χ1v) is 7.67. The second kappa shape index (κ2) is 7.90. The van der Waals surface area contributed by atoms with E-state index in [0.29, 0.717) is 17.6 Å². The number of hydrogen-bond acceptors (Lipinski definition) is 2. The van der Waals surface area contributed by atoms with Crippen LogP contribution in [0.25, 0.3) is 6.08 Å². The Morgan fingerprint density at radius 2 is 1.76 bits per heavy atom. The number of hydrogen-bond donors (Lipinski definition) is 2. The molecule has 2 nitrogen and oxygen atoms in total. The van der Waals surface area contributed by atoms with Crippen molar-refractivity contribution in [2.45, 2.75) is 19.3 Å². The Hall–Kier alpha value is -2.04. The first-order valence-electron chi connectivity index (χ1n) is 7.67. The quantitative estimate of drug-likeness (QED) is 0.705. The number of phenolic OH excluding ortho intramolecular Hbond substituents is 1. The van der Waals surface area contributed by atoms with Gasteiger partial charge in [0.05, 0.1) is 5.92 Å². The Bertz CT molecular complexity index is 854. The van der Waals surface area contributed by atoms with E-state index < -0.39 is 17.6 Å². The van der Waals surface area contributed by atoms with Crippen LogP contribution in [0.4, 0.5) is 8.78 Å². The first kappa shape index (κ1) is 19.3. The molecule has 1 unspecified atom stereocenters. The summed E-state index contributed by atoms with van der Waals surface area (Å²) in [5.41, 5.74) is 1.98. The van der Waals surface area contributed by atoms with E-state index in [-0.39, 0.29) is 38.7 Å². The molecule has 0 aliphatic heterocycles. The monoisotopic (exact) mass is 373 g/mol. The molecule has 1 atom stereocenters. The fourth-order valence-corrected chi connectivity index (χ4v) is 3.00. The van der Waals surface area contributed by atoms with Gasteiger partial charge in [0.25, 0.3) is 0 Å². The van der Waals surface area contributed by atoms with E-state index in [1.165, 1.54) is 18.2 Å². The van der Waals surface area contributed by atoms with Gasteiger partial charge in [-0.3, -0.25) is 0 Å². The SMILES string of the molecule is Cc1cccc(C=C2CC=CC(=N)C2c2c(F)cccc2F)c1O.[Ti]. The van der Waals surface area contributed by atoms with Gasteiger partial charge >= 0.3 is 0 Å². The average Bonchev–Trinajstić information content (AvgIpc) is 2.54. The Morgan fingerprint density at radius 1 is 1.12 bits per heavy atom. The Morgan fingerprint density at radius 3 is 2.44 bits per heavy atom. The summed E-state index contributed by atoms with van der Waals surface area (Å²) in [5.74, 6) is -1.99. The fourth-order valence-electron chi connectivity index (χ4n) is 3.00. The molecule has 0 bridgehead atoms. The molecule has 1 aliphatic rings. The molecule has 0 amide bonds. The predicted molar refractivity (Wildman–Crippen MR) is 91.4 cm³/mol. The van der Waals surface area contributed by atoms with Crippen molar-refractivity contribution in [3.05, 3.63) is 82.4 Å². The van der Waals surface area contributed by atoms with Gasteiger partial charge in [0.1, 0.15) is 17.4 Å². The molecule has 0 saturated heterocycles. The molecule has 1 aliphatic carbocycles. The van der Waals surface area contributed by atoms with Gasteiger partial charge in [-0.15, -0.1) is 0 Å². The van der Waals surface area contributed by atoms with E-state index in [2.05, 4.69) is 0 Å². The Balaban J connectivity index is 0.00000225. The molecule has 5 heteroatoms. The third kappa shape index (κ3) is 3.81. The van der Waals surface area contributed by atoms with E-state index in [0.717, 1.165) is 5.56 Å². The smallest absolute Gasteiger partial charge is 0.130 e. The summed E-state index contributed by atoms with van der Waals surface area (Å²) in [6, 6.07) is 9.05.